The zero-order valence-corrected chi connectivity index (χ0v) is 27.5. The van der Waals surface area contributed by atoms with Gasteiger partial charge in [0.05, 0.1) is 22.5 Å². The molecule has 2 heterocycles. The molecule has 0 saturated heterocycles. The molecule has 1 nitrogen and oxygen atoms in total. The number of allylic oxidation sites excluding steroid dienone is 2. The molecule has 0 bridgehead atoms. The molecule has 0 fully saturated rings. The maximum Gasteiger partial charge on any atom is 0.0589 e. The fraction of sp³-hybridized carbons (Fsp3) is 0.163. The molecule has 0 spiro atoms. The van der Waals surface area contributed by atoms with Gasteiger partial charge in [0.2, 0.25) is 0 Å². The van der Waals surface area contributed by atoms with Gasteiger partial charge in [0, 0.05) is 36.0 Å². The normalized spacial score (nSPS) is 21.1. The van der Waals surface area contributed by atoms with E-state index in [0.29, 0.717) is 5.92 Å². The van der Waals surface area contributed by atoms with Crippen LogP contribution < -0.4 is 14.7 Å². The van der Waals surface area contributed by atoms with Crippen LogP contribution in [-0.4, -0.2) is 12.1 Å². The molecule has 222 valence electrons. The van der Waals surface area contributed by atoms with Gasteiger partial charge in [-0.3, -0.25) is 0 Å². The third-order valence-electron chi connectivity index (χ3n) is 10.8. The van der Waals surface area contributed by atoms with Crippen LogP contribution in [0.3, 0.4) is 0 Å². The lowest BCUT2D eigenvalue weighted by molar-refractivity contribution is 0.543. The molecule has 3 heteroatoms. The molecular formula is C43H33NS2. The average Bonchev–Trinajstić information content (AvgIpc) is 3.74. The molecule has 0 saturated carbocycles. The summed E-state index contributed by atoms with van der Waals surface area (Å²) in [5.74, 6) is 0.305. The van der Waals surface area contributed by atoms with Gasteiger partial charge < -0.3 is 4.90 Å². The summed E-state index contributed by atoms with van der Waals surface area (Å²) < 4.78 is 5.53. The molecule has 0 aliphatic heterocycles. The first-order valence-corrected chi connectivity index (χ1v) is 18.0. The molecule has 10 rings (SSSR count). The largest absolute Gasteiger partial charge is 0.356 e. The quantitative estimate of drug-likeness (QED) is 0.188. The Morgan fingerprint density at radius 1 is 0.739 bits per heavy atom. The highest BCUT2D eigenvalue weighted by atomic mass is 32.1. The summed E-state index contributed by atoms with van der Waals surface area (Å²) in [4.78, 5) is 2.80. The predicted octanol–water partition coefficient (Wildman–Crippen LogP) is 10.2. The van der Waals surface area contributed by atoms with Crippen molar-refractivity contribution in [3.05, 3.63) is 148 Å². The summed E-state index contributed by atoms with van der Waals surface area (Å²) >= 11 is 3.90. The Balaban J connectivity index is 1.23. The first-order valence-electron chi connectivity index (χ1n) is 16.4. The lowest BCUT2D eigenvalue weighted by atomic mass is 9.76. The van der Waals surface area contributed by atoms with Gasteiger partial charge in [-0.15, -0.1) is 22.7 Å². The van der Waals surface area contributed by atoms with Crippen LogP contribution in [0.5, 0.6) is 0 Å². The topological polar surface area (TPSA) is 3.24 Å². The van der Waals surface area contributed by atoms with Gasteiger partial charge >= 0.3 is 0 Å². The third kappa shape index (κ3) is 3.67. The fourth-order valence-electron chi connectivity index (χ4n) is 8.78. The van der Waals surface area contributed by atoms with Crippen molar-refractivity contribution in [2.75, 3.05) is 4.90 Å². The van der Waals surface area contributed by atoms with Gasteiger partial charge in [0.1, 0.15) is 0 Å². The van der Waals surface area contributed by atoms with Crippen molar-refractivity contribution in [3.8, 4) is 0 Å². The van der Waals surface area contributed by atoms with E-state index >= 15 is 0 Å². The molecule has 3 aliphatic carbocycles. The van der Waals surface area contributed by atoms with Crippen molar-refractivity contribution in [3.63, 3.8) is 0 Å². The van der Waals surface area contributed by atoms with Gasteiger partial charge in [-0.2, -0.15) is 0 Å². The highest BCUT2D eigenvalue weighted by Crippen LogP contribution is 2.55. The molecule has 2 aromatic heterocycles. The Morgan fingerprint density at radius 2 is 1.54 bits per heavy atom. The molecule has 3 unspecified atom stereocenters. The van der Waals surface area contributed by atoms with Gasteiger partial charge in [0.25, 0.3) is 0 Å². The summed E-state index contributed by atoms with van der Waals surface area (Å²) in [7, 11) is 0. The van der Waals surface area contributed by atoms with Crippen LogP contribution in [0.25, 0.3) is 53.2 Å². The number of benzene rings is 5. The van der Waals surface area contributed by atoms with Crippen LogP contribution in [0.4, 0.5) is 5.69 Å². The van der Waals surface area contributed by atoms with Crippen LogP contribution in [0.15, 0.2) is 127 Å². The van der Waals surface area contributed by atoms with E-state index in [1.165, 1.54) is 73.2 Å². The number of hydrogen-bond donors (Lipinski definition) is 0. The van der Waals surface area contributed by atoms with Crippen molar-refractivity contribution in [1.29, 1.82) is 0 Å². The molecule has 46 heavy (non-hydrogen) atoms. The minimum Gasteiger partial charge on any atom is -0.356 e. The highest BCUT2D eigenvalue weighted by molar-refractivity contribution is 7.26. The van der Waals surface area contributed by atoms with Crippen molar-refractivity contribution < 1.29 is 0 Å². The number of rotatable bonds is 3. The Hall–Kier alpha value is -4.44. The zero-order chi connectivity index (χ0) is 30.6. The number of anilines is 1. The first-order chi connectivity index (χ1) is 22.6. The maximum atomic E-state index is 2.80. The van der Waals surface area contributed by atoms with E-state index in [2.05, 4.69) is 152 Å². The monoisotopic (exact) mass is 627 g/mol. The molecule has 7 aromatic rings. The minimum absolute atomic E-state index is 0.000470. The summed E-state index contributed by atoms with van der Waals surface area (Å²) in [6, 6.07) is 39.0. The van der Waals surface area contributed by atoms with Crippen LogP contribution in [0.1, 0.15) is 37.3 Å². The second-order valence-corrected chi connectivity index (χ2v) is 15.7. The van der Waals surface area contributed by atoms with Crippen molar-refractivity contribution >= 4 is 81.5 Å². The SMILES string of the molecule is CC1(C)C2=CC=CC(N(c3cccc4c3sc3ccc5ccccc5c34)C3C=c4sc5ccccc5c4=CC3)C2c2ccccc21. The van der Waals surface area contributed by atoms with E-state index in [1.54, 1.807) is 0 Å². The molecule has 0 radical (unpaired) electrons. The van der Waals surface area contributed by atoms with Gasteiger partial charge in [-0.05, 0) is 63.2 Å². The zero-order valence-electron chi connectivity index (χ0n) is 25.9. The van der Waals surface area contributed by atoms with Gasteiger partial charge in [0.15, 0.2) is 0 Å². The van der Waals surface area contributed by atoms with E-state index in [4.69, 9.17) is 0 Å². The molecule has 0 amide bonds. The second-order valence-electron chi connectivity index (χ2n) is 13.6. The Bertz CT molecular complexity index is 2580. The molecule has 3 aliphatic rings. The summed E-state index contributed by atoms with van der Waals surface area (Å²) in [5, 5.41) is 8.20. The number of hydrogen-bond acceptors (Lipinski definition) is 3. The molecular weight excluding hydrogens is 595 g/mol. The second kappa shape index (κ2) is 9.78. The van der Waals surface area contributed by atoms with E-state index in [-0.39, 0.29) is 17.5 Å². The van der Waals surface area contributed by atoms with Crippen molar-refractivity contribution in [2.45, 2.75) is 43.7 Å². The summed E-state index contributed by atoms with van der Waals surface area (Å²) in [6.07, 6.45) is 13.3. The lowest BCUT2D eigenvalue weighted by Crippen LogP contribution is -2.47. The Kier molecular flexibility index (Phi) is 5.69. The number of thiophene rings is 2. The average molecular weight is 628 g/mol. The number of nitrogens with zero attached hydrogens (tertiary/aromatic N) is 1. The summed E-state index contributed by atoms with van der Waals surface area (Å²) in [6.45, 7) is 4.83. The van der Waals surface area contributed by atoms with Crippen LogP contribution in [0.2, 0.25) is 0 Å². The van der Waals surface area contributed by atoms with Crippen LogP contribution >= 0.6 is 22.7 Å². The molecule has 5 aromatic carbocycles. The van der Waals surface area contributed by atoms with Crippen molar-refractivity contribution in [1.82, 2.24) is 0 Å². The number of fused-ring (bicyclic) bond motifs is 11. The van der Waals surface area contributed by atoms with Gasteiger partial charge in [-0.25, -0.2) is 0 Å². The van der Waals surface area contributed by atoms with E-state index in [0.717, 1.165) is 6.42 Å². The summed E-state index contributed by atoms with van der Waals surface area (Å²) in [5.41, 5.74) is 5.83. The first kappa shape index (κ1) is 26.7. The smallest absolute Gasteiger partial charge is 0.0589 e. The molecule has 3 atom stereocenters. The Labute approximate surface area is 276 Å². The minimum atomic E-state index is -0.000470. The predicted molar refractivity (Wildman–Crippen MR) is 201 cm³/mol. The fourth-order valence-corrected chi connectivity index (χ4v) is 11.2. The van der Waals surface area contributed by atoms with Gasteiger partial charge in [-0.1, -0.05) is 129 Å². The van der Waals surface area contributed by atoms with Crippen LogP contribution in [-0.2, 0) is 5.41 Å². The maximum absolute atomic E-state index is 2.80. The van der Waals surface area contributed by atoms with E-state index in [9.17, 15) is 0 Å². The third-order valence-corrected chi connectivity index (χ3v) is 13.2. The Morgan fingerprint density at radius 3 is 2.48 bits per heavy atom. The standard InChI is InChI=1S/C43H33NS2/c1-43(2)33-16-7-5-14-31(33)41-34(43)17-10-18-35(41)44(27-22-23-30-29-13-6-8-20-37(29)45-39(30)25-27)36-19-9-15-32-40-28-12-4-3-11-26(28)21-24-38(40)46-42(32)36/h3-21,23-25,27,35,41H,22H2,1-2H3. The molecule has 0 N–H and O–H groups in total. The highest BCUT2D eigenvalue weighted by Gasteiger charge is 2.47. The van der Waals surface area contributed by atoms with Crippen LogP contribution in [0, 0.1) is 0 Å². The lowest BCUT2D eigenvalue weighted by Gasteiger charge is -2.43. The van der Waals surface area contributed by atoms with E-state index in [1.807, 2.05) is 22.7 Å². The van der Waals surface area contributed by atoms with Crippen molar-refractivity contribution in [2.24, 2.45) is 0 Å². The van der Waals surface area contributed by atoms with E-state index < -0.39 is 0 Å².